The summed E-state index contributed by atoms with van der Waals surface area (Å²) in [6, 6.07) is 16.9. The van der Waals surface area contributed by atoms with E-state index in [1.807, 2.05) is 48.5 Å². The van der Waals surface area contributed by atoms with E-state index in [2.05, 4.69) is 15.3 Å². The van der Waals surface area contributed by atoms with E-state index in [4.69, 9.17) is 11.6 Å². The third-order valence-electron chi connectivity index (χ3n) is 3.09. The van der Waals surface area contributed by atoms with Gasteiger partial charge in [0.2, 0.25) is 4.80 Å². The van der Waals surface area contributed by atoms with E-state index in [0.717, 1.165) is 5.56 Å². The van der Waals surface area contributed by atoms with Gasteiger partial charge in [-0.3, -0.25) is 4.79 Å². The fourth-order valence-corrected chi connectivity index (χ4v) is 2.92. The number of nitrogens with zero attached hydrogens (tertiary/aromatic N) is 4. The van der Waals surface area contributed by atoms with E-state index in [-0.39, 0.29) is 5.78 Å². The molecular weight excluding hydrogens is 344 g/mol. The van der Waals surface area contributed by atoms with Gasteiger partial charge in [0.25, 0.3) is 0 Å². The highest BCUT2D eigenvalue weighted by Gasteiger charge is 2.12. The number of benzene rings is 2. The quantitative estimate of drug-likeness (QED) is 0.406. The summed E-state index contributed by atoms with van der Waals surface area (Å²) in [6.45, 7) is 1.47. The van der Waals surface area contributed by atoms with Crippen LogP contribution in [0.1, 0.15) is 22.3 Å². The number of hydrogen-bond acceptors (Lipinski definition) is 5. The molecule has 0 amide bonds. The van der Waals surface area contributed by atoms with Crippen molar-refractivity contribution in [1.82, 2.24) is 9.78 Å². The Morgan fingerprint density at radius 3 is 2.58 bits per heavy atom. The van der Waals surface area contributed by atoms with Gasteiger partial charge in [-0.2, -0.15) is 10.2 Å². The maximum absolute atomic E-state index is 11.6. The van der Waals surface area contributed by atoms with Gasteiger partial charge in [-0.05, 0) is 17.7 Å². The first-order valence-corrected chi connectivity index (χ1v) is 8.33. The summed E-state index contributed by atoms with van der Waals surface area (Å²) in [6.07, 6.45) is 1.64. The van der Waals surface area contributed by atoms with Crippen molar-refractivity contribution in [1.29, 1.82) is 0 Å². The minimum absolute atomic E-state index is 0.130. The monoisotopic (exact) mass is 356 g/mol. The Kier molecular flexibility index (Phi) is 4.98. The molecule has 0 spiro atoms. The molecule has 0 N–H and O–H groups in total. The predicted octanol–water partition coefficient (Wildman–Crippen LogP) is 3.72. The number of rotatable bonds is 4. The zero-order valence-electron chi connectivity index (χ0n) is 12.8. The number of carbonyl (C=O) groups is 1. The number of halogens is 1. The largest absolute Gasteiger partial charge is 0.292 e. The zero-order valence-corrected chi connectivity index (χ0v) is 14.3. The molecule has 1 aromatic heterocycles. The first-order chi connectivity index (χ1) is 11.6. The molecule has 0 aliphatic heterocycles. The molecule has 1 heterocycles. The van der Waals surface area contributed by atoms with Crippen LogP contribution in [-0.4, -0.2) is 21.8 Å². The molecule has 0 radical (unpaired) electrons. The van der Waals surface area contributed by atoms with E-state index in [0.29, 0.717) is 20.5 Å². The Labute approximate surface area is 147 Å². The number of hydrogen-bond donors (Lipinski definition) is 0. The van der Waals surface area contributed by atoms with E-state index in [9.17, 15) is 4.79 Å². The molecule has 0 unspecified atom stereocenters. The Balaban J connectivity index is 2.06. The molecule has 24 heavy (non-hydrogen) atoms. The number of ketones is 1. The van der Waals surface area contributed by atoms with Gasteiger partial charge < -0.3 is 0 Å². The van der Waals surface area contributed by atoms with Gasteiger partial charge >= 0.3 is 0 Å². The zero-order chi connectivity index (χ0) is 16.9. The van der Waals surface area contributed by atoms with Crippen LogP contribution in [0, 0.1) is 0 Å². The number of aromatic nitrogens is 2. The number of carbonyl (C=O) groups excluding carboxylic acids is 1. The molecule has 120 valence electrons. The lowest BCUT2D eigenvalue weighted by molar-refractivity contribution is 0.101. The van der Waals surface area contributed by atoms with Crippen LogP contribution in [0.25, 0.3) is 5.69 Å². The molecule has 5 nitrogen and oxygen atoms in total. The van der Waals surface area contributed by atoms with Crippen LogP contribution in [0.15, 0.2) is 64.8 Å². The van der Waals surface area contributed by atoms with Gasteiger partial charge in [-0.15, -0.1) is 5.10 Å². The van der Waals surface area contributed by atoms with Gasteiger partial charge in [-0.1, -0.05) is 65.4 Å². The van der Waals surface area contributed by atoms with Gasteiger partial charge in [0.15, 0.2) is 10.8 Å². The summed E-state index contributed by atoms with van der Waals surface area (Å²) in [5.41, 5.74) is 1.58. The van der Waals surface area contributed by atoms with E-state index < -0.39 is 0 Å². The van der Waals surface area contributed by atoms with E-state index in [1.54, 1.807) is 12.3 Å². The lowest BCUT2D eigenvalue weighted by atomic mass is 10.2. The van der Waals surface area contributed by atoms with E-state index in [1.165, 1.54) is 22.9 Å². The minimum Gasteiger partial charge on any atom is -0.292 e. The average Bonchev–Trinajstić information content (AvgIpc) is 3.01. The molecule has 0 fully saturated rings. The van der Waals surface area contributed by atoms with Crippen LogP contribution >= 0.6 is 22.9 Å². The SMILES string of the molecule is CC(=O)c1nn(-c2ccccc2Cl)c(=NN=Cc2ccccc2)s1. The summed E-state index contributed by atoms with van der Waals surface area (Å²) in [5, 5.41) is 13.5. The topological polar surface area (TPSA) is 59.6 Å². The average molecular weight is 357 g/mol. The lowest BCUT2D eigenvalue weighted by Crippen LogP contribution is -2.14. The van der Waals surface area contributed by atoms with Crippen LogP contribution in [0.3, 0.4) is 0 Å². The molecule has 0 aliphatic carbocycles. The van der Waals surface area contributed by atoms with Crippen molar-refractivity contribution in [3.63, 3.8) is 0 Å². The van der Waals surface area contributed by atoms with Crippen LogP contribution < -0.4 is 4.80 Å². The number of para-hydroxylation sites is 1. The van der Waals surface area contributed by atoms with Crippen LogP contribution in [-0.2, 0) is 0 Å². The van der Waals surface area contributed by atoms with Gasteiger partial charge in [-0.25, -0.2) is 4.68 Å². The van der Waals surface area contributed by atoms with E-state index >= 15 is 0 Å². The maximum atomic E-state index is 11.6. The third kappa shape index (κ3) is 3.67. The van der Waals surface area contributed by atoms with Crippen LogP contribution in [0.5, 0.6) is 0 Å². The van der Waals surface area contributed by atoms with Crippen LogP contribution in [0.2, 0.25) is 5.02 Å². The highest BCUT2D eigenvalue weighted by atomic mass is 35.5. The summed E-state index contributed by atoms with van der Waals surface area (Å²) in [7, 11) is 0. The molecule has 0 saturated carbocycles. The molecule has 0 bridgehead atoms. The van der Waals surface area contributed by atoms with Crippen molar-refractivity contribution >= 4 is 34.9 Å². The first-order valence-electron chi connectivity index (χ1n) is 7.13. The van der Waals surface area contributed by atoms with Crippen molar-refractivity contribution in [2.24, 2.45) is 10.2 Å². The highest BCUT2D eigenvalue weighted by Crippen LogP contribution is 2.18. The first kappa shape index (κ1) is 16.3. The predicted molar refractivity (Wildman–Crippen MR) is 96.1 cm³/mol. The fraction of sp³-hybridized carbons (Fsp3) is 0.0588. The third-order valence-corrected chi connectivity index (χ3v) is 4.41. The van der Waals surface area contributed by atoms with Crippen molar-refractivity contribution in [3.8, 4) is 5.69 Å². The molecular formula is C17H13ClN4OS. The summed E-state index contributed by atoms with van der Waals surface area (Å²) in [5.74, 6) is -0.130. The summed E-state index contributed by atoms with van der Waals surface area (Å²) in [4.78, 5) is 12.1. The van der Waals surface area contributed by atoms with Crippen molar-refractivity contribution in [3.05, 3.63) is 75.0 Å². The van der Waals surface area contributed by atoms with Crippen molar-refractivity contribution < 1.29 is 4.79 Å². The van der Waals surface area contributed by atoms with Crippen molar-refractivity contribution in [2.45, 2.75) is 6.92 Å². The summed E-state index contributed by atoms with van der Waals surface area (Å²) >= 11 is 7.40. The molecule has 3 rings (SSSR count). The normalized spacial score (nSPS) is 12.0. The van der Waals surface area contributed by atoms with Gasteiger partial charge in [0, 0.05) is 6.92 Å². The highest BCUT2D eigenvalue weighted by molar-refractivity contribution is 7.10. The molecule has 3 aromatic rings. The standard InChI is InChI=1S/C17H13ClN4OS/c1-12(23)16-21-22(15-10-6-5-9-14(15)18)17(24-16)20-19-11-13-7-3-2-4-8-13/h2-11H,1H3. The molecule has 0 aliphatic rings. The maximum Gasteiger partial charge on any atom is 0.233 e. The fourth-order valence-electron chi connectivity index (χ4n) is 1.95. The number of Topliss-reactive ketones (excluding diaryl/α,β-unsaturated/α-hetero) is 1. The molecule has 0 atom stereocenters. The smallest absolute Gasteiger partial charge is 0.233 e. The Morgan fingerprint density at radius 1 is 1.17 bits per heavy atom. The lowest BCUT2D eigenvalue weighted by Gasteiger charge is -2.02. The Bertz CT molecular complexity index is 960. The molecule has 0 saturated heterocycles. The van der Waals surface area contributed by atoms with Crippen molar-refractivity contribution in [2.75, 3.05) is 0 Å². The van der Waals surface area contributed by atoms with Gasteiger partial charge in [0.1, 0.15) is 0 Å². The molecule has 2 aromatic carbocycles. The van der Waals surface area contributed by atoms with Crippen LogP contribution in [0.4, 0.5) is 0 Å². The summed E-state index contributed by atoms with van der Waals surface area (Å²) < 4.78 is 1.53. The minimum atomic E-state index is -0.130. The molecule has 7 heteroatoms. The second-order valence-corrected chi connectivity index (χ2v) is 6.23. The second-order valence-electron chi connectivity index (χ2n) is 4.86. The Morgan fingerprint density at radius 2 is 1.88 bits per heavy atom. The van der Waals surface area contributed by atoms with Gasteiger partial charge in [0.05, 0.1) is 16.9 Å². The Hall–Kier alpha value is -2.57. The second kappa shape index (κ2) is 7.33.